The first-order chi connectivity index (χ1) is 26.2. The summed E-state index contributed by atoms with van der Waals surface area (Å²) in [6.07, 6.45) is 6.40. The number of nitrogens with one attached hydrogen (secondary N) is 1. The molecule has 54 heavy (non-hydrogen) atoms. The predicted octanol–water partition coefficient (Wildman–Crippen LogP) is 8.02. The monoisotopic (exact) mass is 732 g/mol. The van der Waals surface area contributed by atoms with Gasteiger partial charge in [-0.25, -0.2) is 4.79 Å². The fourth-order valence-electron chi connectivity index (χ4n) is 9.08. The van der Waals surface area contributed by atoms with Crippen LogP contribution in [0.25, 0.3) is 11.1 Å². The third-order valence-corrected chi connectivity index (χ3v) is 11.9. The first-order valence-electron chi connectivity index (χ1n) is 18.0. The minimum atomic E-state index is -1.36. The van der Waals surface area contributed by atoms with Gasteiger partial charge < -0.3 is 25.0 Å². The normalized spacial score (nSPS) is 22.1. The van der Waals surface area contributed by atoms with Crippen LogP contribution in [0, 0.1) is 23.7 Å². The molecule has 1 saturated carbocycles. The summed E-state index contributed by atoms with van der Waals surface area (Å²) in [4.78, 5) is 41.8. The van der Waals surface area contributed by atoms with Crippen molar-refractivity contribution < 1.29 is 34.1 Å². The zero-order chi connectivity index (χ0) is 36.9. The SMILES string of the molecule is O=C1OC2(c3ccc(O)cc3Oc3cc(O)ccc32)c2cc(NC(=S)CCc3ccc(-c4ccc(N5C(=O)C6C7C=CC(C7)C6C5=O)cc4)cc3)ccc21. The number of hydrogen-bond acceptors (Lipinski definition) is 8. The molecule has 5 aromatic rings. The highest BCUT2D eigenvalue weighted by atomic mass is 32.1. The number of carbonyl (C=O) groups excluding carboxylic acids is 3. The van der Waals surface area contributed by atoms with Crippen LogP contribution in [0.1, 0.15) is 45.5 Å². The number of allylic oxidation sites excluding steroid dienone is 2. The van der Waals surface area contributed by atoms with Crippen LogP contribution < -0.4 is 15.0 Å². The second-order valence-corrected chi connectivity index (χ2v) is 15.1. The van der Waals surface area contributed by atoms with Crippen LogP contribution in [0.4, 0.5) is 11.4 Å². The number of aromatic hydroxyl groups is 2. The molecule has 0 aromatic heterocycles. The lowest BCUT2D eigenvalue weighted by Gasteiger charge is -2.36. The lowest BCUT2D eigenvalue weighted by Crippen LogP contribution is -2.33. The zero-order valence-corrected chi connectivity index (χ0v) is 29.5. The van der Waals surface area contributed by atoms with Crippen molar-refractivity contribution in [3.63, 3.8) is 0 Å². The van der Waals surface area contributed by atoms with Gasteiger partial charge in [0.05, 0.1) is 28.1 Å². The molecule has 1 spiro atoms. The third-order valence-electron chi connectivity index (χ3n) is 11.6. The van der Waals surface area contributed by atoms with Gasteiger partial charge in [0.1, 0.15) is 23.0 Å². The number of phenols is 2. The Morgan fingerprint density at radius 1 is 0.741 bits per heavy atom. The molecule has 5 aromatic carbocycles. The van der Waals surface area contributed by atoms with E-state index in [4.69, 9.17) is 21.7 Å². The molecular weight excluding hydrogens is 701 g/mol. The molecule has 4 unspecified atom stereocenters. The number of rotatable bonds is 6. The summed E-state index contributed by atoms with van der Waals surface area (Å²) in [5.41, 5.74) is 5.16. The maximum absolute atomic E-state index is 13.3. The van der Waals surface area contributed by atoms with Crippen molar-refractivity contribution in [3.8, 4) is 34.1 Å². The van der Waals surface area contributed by atoms with Crippen molar-refractivity contribution in [2.45, 2.75) is 24.9 Å². The molecule has 2 fully saturated rings. The molecule has 2 amide bonds. The van der Waals surface area contributed by atoms with Gasteiger partial charge >= 0.3 is 5.97 Å². The van der Waals surface area contributed by atoms with Crippen LogP contribution in [0.2, 0.25) is 0 Å². The van der Waals surface area contributed by atoms with Gasteiger partial charge in [0.2, 0.25) is 11.8 Å². The molecule has 3 aliphatic heterocycles. The molecule has 10 heteroatoms. The summed E-state index contributed by atoms with van der Waals surface area (Å²) in [5, 5.41) is 23.8. The number of ether oxygens (including phenoxy) is 2. The molecule has 2 aliphatic carbocycles. The number of hydrogen-bond donors (Lipinski definition) is 3. The molecule has 3 heterocycles. The average molecular weight is 733 g/mol. The van der Waals surface area contributed by atoms with E-state index < -0.39 is 11.6 Å². The summed E-state index contributed by atoms with van der Waals surface area (Å²) < 4.78 is 12.2. The number of thiocarbonyl (C=S) groups is 1. The van der Waals surface area contributed by atoms with Crippen LogP contribution in [-0.4, -0.2) is 33.0 Å². The highest BCUT2D eigenvalue weighted by molar-refractivity contribution is 7.80. The molecule has 1 saturated heterocycles. The van der Waals surface area contributed by atoms with E-state index in [1.807, 2.05) is 30.3 Å². The number of amides is 2. The van der Waals surface area contributed by atoms with Gasteiger partial charge in [-0.05, 0) is 96.0 Å². The molecule has 0 radical (unpaired) electrons. The Hall–Kier alpha value is -6.26. The van der Waals surface area contributed by atoms with Gasteiger partial charge in [0, 0.05) is 40.9 Å². The summed E-state index contributed by atoms with van der Waals surface area (Å²) in [6.45, 7) is 0. The van der Waals surface area contributed by atoms with Gasteiger partial charge in [0.15, 0.2) is 5.60 Å². The number of nitrogens with zero attached hydrogens (tertiary/aromatic N) is 1. The van der Waals surface area contributed by atoms with Crippen LogP contribution in [0.5, 0.6) is 23.0 Å². The van der Waals surface area contributed by atoms with Crippen molar-refractivity contribution in [1.82, 2.24) is 0 Å². The molecule has 4 atom stereocenters. The van der Waals surface area contributed by atoms with Gasteiger partial charge in [-0.1, -0.05) is 60.8 Å². The van der Waals surface area contributed by atoms with E-state index in [0.29, 0.717) is 63.0 Å². The Morgan fingerprint density at radius 2 is 1.33 bits per heavy atom. The first kappa shape index (κ1) is 32.4. The second kappa shape index (κ2) is 11.9. The minimum absolute atomic E-state index is 0.0115. The lowest BCUT2D eigenvalue weighted by molar-refractivity contribution is -0.123. The van der Waals surface area contributed by atoms with Crippen molar-refractivity contribution in [2.24, 2.45) is 23.7 Å². The van der Waals surface area contributed by atoms with Crippen molar-refractivity contribution in [1.29, 1.82) is 0 Å². The van der Waals surface area contributed by atoms with E-state index in [1.165, 1.54) is 29.2 Å². The highest BCUT2D eigenvalue weighted by Crippen LogP contribution is 2.57. The second-order valence-electron chi connectivity index (χ2n) is 14.6. The molecular formula is C44H32N2O7S. The van der Waals surface area contributed by atoms with E-state index in [2.05, 4.69) is 41.7 Å². The number of benzene rings is 5. The Morgan fingerprint density at radius 3 is 1.94 bits per heavy atom. The number of fused-ring (bicyclic) bond motifs is 11. The first-order valence-corrected chi connectivity index (χ1v) is 18.4. The van der Waals surface area contributed by atoms with Crippen LogP contribution in [-0.2, 0) is 26.3 Å². The lowest BCUT2D eigenvalue weighted by atomic mass is 9.77. The van der Waals surface area contributed by atoms with E-state index in [1.54, 1.807) is 24.3 Å². The maximum atomic E-state index is 13.3. The molecule has 2 bridgehead atoms. The number of phenolic OH excluding ortho intramolecular Hbond substituents is 2. The number of anilines is 2. The van der Waals surface area contributed by atoms with E-state index in [0.717, 1.165) is 23.1 Å². The quantitative estimate of drug-likeness (QED) is 0.0689. The molecule has 266 valence electrons. The van der Waals surface area contributed by atoms with Gasteiger partial charge in [-0.15, -0.1) is 0 Å². The summed E-state index contributed by atoms with van der Waals surface area (Å²) in [5.74, 6) is -0.112. The van der Waals surface area contributed by atoms with Crippen LogP contribution >= 0.6 is 12.2 Å². The number of carbonyl (C=O) groups is 3. The van der Waals surface area contributed by atoms with Crippen LogP contribution in [0.15, 0.2) is 115 Å². The maximum Gasteiger partial charge on any atom is 0.340 e. The van der Waals surface area contributed by atoms with Crippen molar-refractivity contribution >= 4 is 46.4 Å². The molecule has 10 rings (SSSR count). The largest absolute Gasteiger partial charge is 0.508 e. The average Bonchev–Trinajstić information content (AvgIpc) is 3.92. The zero-order valence-electron chi connectivity index (χ0n) is 28.7. The van der Waals surface area contributed by atoms with Gasteiger partial charge in [-0.3, -0.25) is 14.5 Å². The predicted molar refractivity (Wildman–Crippen MR) is 205 cm³/mol. The Labute approximate surface area is 315 Å². The van der Waals surface area contributed by atoms with E-state index >= 15 is 0 Å². The summed E-state index contributed by atoms with van der Waals surface area (Å²) >= 11 is 5.77. The molecule has 3 N–H and O–H groups in total. The Bertz CT molecular complexity index is 2410. The summed E-state index contributed by atoms with van der Waals surface area (Å²) in [7, 11) is 0. The highest BCUT2D eigenvalue weighted by Gasteiger charge is 2.59. The number of esters is 1. The van der Waals surface area contributed by atoms with E-state index in [9.17, 15) is 24.6 Å². The van der Waals surface area contributed by atoms with Gasteiger partial charge in [0.25, 0.3) is 0 Å². The topological polar surface area (TPSA) is 125 Å². The fraction of sp³-hybridized carbons (Fsp3) is 0.182. The van der Waals surface area contributed by atoms with E-state index in [-0.39, 0.29) is 47.0 Å². The third kappa shape index (κ3) is 4.83. The van der Waals surface area contributed by atoms with Gasteiger partial charge in [-0.2, -0.15) is 0 Å². The molecule has 5 aliphatic rings. The Kier molecular flexibility index (Phi) is 7.12. The Balaban J connectivity index is 0.831. The van der Waals surface area contributed by atoms with Crippen LogP contribution in [0.3, 0.4) is 0 Å². The smallest absolute Gasteiger partial charge is 0.340 e. The van der Waals surface area contributed by atoms with Crippen molar-refractivity contribution in [2.75, 3.05) is 10.2 Å². The summed E-state index contributed by atoms with van der Waals surface area (Å²) in [6, 6.07) is 30.6. The minimum Gasteiger partial charge on any atom is -0.508 e. The number of imide groups is 1. The fourth-order valence-corrected chi connectivity index (χ4v) is 9.30. The number of aryl methyl sites for hydroxylation is 1. The molecule has 9 nitrogen and oxygen atoms in total. The standard InChI is InChI=1S/C44H32N2O7S/c47-30-13-16-33-36(21-30)52-37-22-31(48)14-17-34(37)44(33)35-20-28(10-15-32(35)43(51)53-44)45-38(54)18-3-23-1-4-24(5-2-23)25-8-11-29(12-9-25)46-41(49)39-26-6-7-27(19-26)40(39)42(46)50/h1-2,4-17,20-22,26-27,39-40,47-48H,3,18-19H2,(H,45,54). The van der Waals surface area contributed by atoms with Crippen molar-refractivity contribution in [3.05, 3.63) is 143 Å².